The fourth-order valence-corrected chi connectivity index (χ4v) is 3.15. The van der Waals surface area contributed by atoms with Crippen molar-refractivity contribution in [1.29, 1.82) is 0 Å². The van der Waals surface area contributed by atoms with E-state index in [1.807, 2.05) is 31.2 Å². The first-order chi connectivity index (χ1) is 12.4. The van der Waals surface area contributed by atoms with Crippen LogP contribution in [0.1, 0.15) is 25.9 Å². The Morgan fingerprint density at radius 3 is 2.58 bits per heavy atom. The maximum atomic E-state index is 13.7. The molecule has 0 aliphatic heterocycles. The van der Waals surface area contributed by atoms with Gasteiger partial charge in [-0.25, -0.2) is 13.8 Å². The Balaban J connectivity index is 1.68. The van der Waals surface area contributed by atoms with Crippen molar-refractivity contribution in [2.24, 2.45) is 0 Å². The molecular weight excluding hydrogens is 358 g/mol. The highest BCUT2D eigenvalue weighted by Crippen LogP contribution is 2.23. The van der Waals surface area contributed by atoms with Crippen LogP contribution in [0.4, 0.5) is 14.5 Å². The molecule has 0 aliphatic carbocycles. The van der Waals surface area contributed by atoms with Crippen molar-refractivity contribution in [3.63, 3.8) is 0 Å². The maximum absolute atomic E-state index is 13.7. The smallest absolute Gasteiger partial charge is 0.267 e. The first-order valence-electron chi connectivity index (χ1n) is 7.84. The van der Waals surface area contributed by atoms with Gasteiger partial charge in [0.2, 0.25) is 0 Å². The van der Waals surface area contributed by atoms with Crippen LogP contribution in [-0.2, 0) is 6.61 Å². The van der Waals surface area contributed by atoms with Gasteiger partial charge in [-0.05, 0) is 38.1 Å². The zero-order valence-corrected chi connectivity index (χ0v) is 15.0. The molecule has 4 nitrogen and oxygen atoms in total. The second-order valence-electron chi connectivity index (χ2n) is 5.70. The number of ether oxygens (including phenoxy) is 1. The zero-order valence-electron chi connectivity index (χ0n) is 14.2. The van der Waals surface area contributed by atoms with Gasteiger partial charge in [-0.15, -0.1) is 11.3 Å². The highest BCUT2D eigenvalue weighted by molar-refractivity contribution is 7.13. The number of halogens is 2. The van der Waals surface area contributed by atoms with Gasteiger partial charge in [-0.1, -0.05) is 17.7 Å². The number of hydrogen-bond acceptors (Lipinski definition) is 4. The second-order valence-corrected chi connectivity index (χ2v) is 6.79. The Morgan fingerprint density at radius 2 is 1.88 bits per heavy atom. The number of aryl methyl sites for hydroxylation is 2. The normalized spacial score (nSPS) is 10.6. The highest BCUT2D eigenvalue weighted by Gasteiger charge is 2.17. The topological polar surface area (TPSA) is 51.2 Å². The van der Waals surface area contributed by atoms with Crippen LogP contribution in [0.15, 0.2) is 42.5 Å². The molecule has 7 heteroatoms. The van der Waals surface area contributed by atoms with Crippen LogP contribution in [0, 0.1) is 25.5 Å². The molecule has 1 heterocycles. The minimum atomic E-state index is -0.830. The third kappa shape index (κ3) is 4.23. The van der Waals surface area contributed by atoms with Gasteiger partial charge >= 0.3 is 0 Å². The molecule has 1 aromatic heterocycles. The van der Waals surface area contributed by atoms with E-state index in [2.05, 4.69) is 10.3 Å². The summed E-state index contributed by atoms with van der Waals surface area (Å²) in [6.07, 6.45) is 0. The van der Waals surface area contributed by atoms with Crippen molar-refractivity contribution in [2.45, 2.75) is 20.5 Å². The van der Waals surface area contributed by atoms with E-state index in [-0.39, 0.29) is 12.3 Å². The number of carbonyl (C=O) groups is 1. The van der Waals surface area contributed by atoms with Crippen LogP contribution in [-0.4, -0.2) is 10.9 Å². The lowest BCUT2D eigenvalue weighted by atomic mass is 10.2. The van der Waals surface area contributed by atoms with Crippen molar-refractivity contribution in [1.82, 2.24) is 4.98 Å². The fraction of sp³-hybridized carbons (Fsp3) is 0.158. The van der Waals surface area contributed by atoms with Gasteiger partial charge < -0.3 is 10.1 Å². The molecule has 0 spiro atoms. The number of carbonyl (C=O) groups excluding carboxylic acids is 1. The molecule has 26 heavy (non-hydrogen) atoms. The average molecular weight is 374 g/mol. The molecule has 2 aromatic carbocycles. The Morgan fingerprint density at radius 1 is 1.15 bits per heavy atom. The molecule has 0 saturated heterocycles. The number of nitrogens with one attached hydrogen (secondary N) is 1. The third-order valence-electron chi connectivity index (χ3n) is 3.61. The van der Waals surface area contributed by atoms with Crippen molar-refractivity contribution in [2.75, 3.05) is 5.32 Å². The van der Waals surface area contributed by atoms with Crippen LogP contribution >= 0.6 is 11.3 Å². The van der Waals surface area contributed by atoms with E-state index in [4.69, 9.17) is 4.74 Å². The summed E-state index contributed by atoms with van der Waals surface area (Å²) in [6.45, 7) is 3.91. The van der Waals surface area contributed by atoms with Gasteiger partial charge in [-0.2, -0.15) is 0 Å². The van der Waals surface area contributed by atoms with E-state index in [9.17, 15) is 13.6 Å². The standard InChI is InChI=1S/C19H16F2N2O2S/c1-11-3-6-14(7-4-11)25-10-17-22-12(2)18(26-17)19(24)23-16-8-5-13(20)9-15(16)21/h3-9H,10H2,1-2H3,(H,23,24). The second kappa shape index (κ2) is 7.61. The van der Waals surface area contributed by atoms with Crippen LogP contribution in [0.5, 0.6) is 5.75 Å². The highest BCUT2D eigenvalue weighted by atomic mass is 32.1. The predicted molar refractivity (Wildman–Crippen MR) is 96.7 cm³/mol. The van der Waals surface area contributed by atoms with E-state index in [0.29, 0.717) is 21.3 Å². The van der Waals surface area contributed by atoms with Gasteiger partial charge in [0, 0.05) is 6.07 Å². The van der Waals surface area contributed by atoms with E-state index < -0.39 is 17.5 Å². The molecule has 0 unspecified atom stereocenters. The molecular formula is C19H16F2N2O2S. The summed E-state index contributed by atoms with van der Waals surface area (Å²) in [5, 5.41) is 3.07. The number of benzene rings is 2. The number of nitrogens with zero attached hydrogens (tertiary/aromatic N) is 1. The molecule has 0 bridgehead atoms. The summed E-state index contributed by atoms with van der Waals surface area (Å²) in [5.74, 6) is -1.32. The SMILES string of the molecule is Cc1ccc(OCc2nc(C)c(C(=O)Nc3ccc(F)cc3F)s2)cc1. The summed E-state index contributed by atoms with van der Waals surface area (Å²) >= 11 is 1.17. The van der Waals surface area contributed by atoms with Gasteiger partial charge in [0.1, 0.15) is 33.9 Å². The lowest BCUT2D eigenvalue weighted by Gasteiger charge is -2.05. The first kappa shape index (κ1) is 18.0. The molecule has 0 saturated carbocycles. The Kier molecular flexibility index (Phi) is 5.27. The number of hydrogen-bond donors (Lipinski definition) is 1. The summed E-state index contributed by atoms with van der Waals surface area (Å²) in [6, 6.07) is 10.6. The van der Waals surface area contributed by atoms with Crippen molar-refractivity contribution in [3.8, 4) is 5.75 Å². The molecule has 1 amide bonds. The van der Waals surface area contributed by atoms with Gasteiger partial charge in [0.25, 0.3) is 5.91 Å². The summed E-state index contributed by atoms with van der Waals surface area (Å²) < 4.78 is 32.3. The van der Waals surface area contributed by atoms with Crippen LogP contribution in [0.2, 0.25) is 0 Å². The van der Waals surface area contributed by atoms with Crippen molar-refractivity contribution < 1.29 is 18.3 Å². The predicted octanol–water partition coefficient (Wildman–Crippen LogP) is 4.87. The molecule has 0 atom stereocenters. The maximum Gasteiger partial charge on any atom is 0.267 e. The van der Waals surface area contributed by atoms with E-state index in [0.717, 1.165) is 17.7 Å². The van der Waals surface area contributed by atoms with Crippen molar-refractivity contribution in [3.05, 3.63) is 75.2 Å². The molecule has 1 N–H and O–H groups in total. The fourth-order valence-electron chi connectivity index (χ4n) is 2.27. The number of anilines is 1. The number of thiazole rings is 1. The van der Waals surface area contributed by atoms with Gasteiger partial charge in [0.15, 0.2) is 0 Å². The zero-order chi connectivity index (χ0) is 18.7. The van der Waals surface area contributed by atoms with E-state index in [1.54, 1.807) is 6.92 Å². The Labute approximate surface area is 153 Å². The molecule has 0 radical (unpaired) electrons. The molecule has 3 aromatic rings. The molecule has 3 rings (SSSR count). The monoisotopic (exact) mass is 374 g/mol. The minimum absolute atomic E-state index is 0.0818. The average Bonchev–Trinajstić information content (AvgIpc) is 2.98. The third-order valence-corrected chi connectivity index (χ3v) is 4.74. The van der Waals surface area contributed by atoms with Crippen LogP contribution in [0.3, 0.4) is 0 Å². The molecule has 134 valence electrons. The molecule has 0 aliphatic rings. The van der Waals surface area contributed by atoms with Gasteiger partial charge in [-0.3, -0.25) is 4.79 Å². The lowest BCUT2D eigenvalue weighted by molar-refractivity contribution is 0.102. The first-order valence-corrected chi connectivity index (χ1v) is 8.66. The minimum Gasteiger partial charge on any atom is -0.486 e. The van der Waals surface area contributed by atoms with Crippen LogP contribution < -0.4 is 10.1 Å². The quantitative estimate of drug-likeness (QED) is 0.693. The Hall–Kier alpha value is -2.80. The number of rotatable bonds is 5. The number of aromatic nitrogens is 1. The lowest BCUT2D eigenvalue weighted by Crippen LogP contribution is -2.12. The van der Waals surface area contributed by atoms with Gasteiger partial charge in [0.05, 0.1) is 11.4 Å². The summed E-state index contributed by atoms with van der Waals surface area (Å²) in [4.78, 5) is 17.0. The van der Waals surface area contributed by atoms with E-state index >= 15 is 0 Å². The Bertz CT molecular complexity index is 939. The number of amides is 1. The van der Waals surface area contributed by atoms with E-state index in [1.165, 1.54) is 17.4 Å². The van der Waals surface area contributed by atoms with Crippen molar-refractivity contribution >= 4 is 22.9 Å². The van der Waals surface area contributed by atoms with Crippen LogP contribution in [0.25, 0.3) is 0 Å². The summed E-state index contributed by atoms with van der Waals surface area (Å²) in [5.41, 5.74) is 1.58. The molecule has 0 fully saturated rings. The summed E-state index contributed by atoms with van der Waals surface area (Å²) in [7, 11) is 0. The largest absolute Gasteiger partial charge is 0.486 e.